The van der Waals surface area contributed by atoms with E-state index in [1.807, 2.05) is 0 Å². The second-order valence-corrected chi connectivity index (χ2v) is 7.83. The molecule has 0 saturated carbocycles. The summed E-state index contributed by atoms with van der Waals surface area (Å²) in [6, 6.07) is 0. The molecule has 1 fully saturated rings. The molecular formula is C18H27N3O8. The van der Waals surface area contributed by atoms with Gasteiger partial charge < -0.3 is 29.4 Å². The van der Waals surface area contributed by atoms with Crippen LogP contribution in [0.2, 0.25) is 0 Å². The van der Waals surface area contributed by atoms with E-state index in [0.717, 1.165) is 7.11 Å². The fraction of sp³-hybridized carbons (Fsp3) is 0.667. The van der Waals surface area contributed by atoms with Gasteiger partial charge in [-0.2, -0.15) is 0 Å². The highest BCUT2D eigenvalue weighted by Crippen LogP contribution is 2.37. The highest BCUT2D eigenvalue weighted by Gasteiger charge is 2.47. The van der Waals surface area contributed by atoms with Gasteiger partial charge in [0.1, 0.15) is 17.0 Å². The van der Waals surface area contributed by atoms with Crippen molar-refractivity contribution in [3.05, 3.63) is 21.9 Å². The average molecular weight is 413 g/mol. The van der Waals surface area contributed by atoms with Gasteiger partial charge in [-0.3, -0.25) is 9.69 Å². The number of likely N-dealkylation sites (N-methyl/N-ethyl adjacent to an activating group) is 1. The Bertz CT molecular complexity index is 821. The van der Waals surface area contributed by atoms with Crippen LogP contribution in [0, 0.1) is 0 Å². The molecule has 1 aromatic rings. The van der Waals surface area contributed by atoms with Crippen LogP contribution < -0.4 is 5.56 Å². The molecule has 0 radical (unpaired) electrons. The summed E-state index contributed by atoms with van der Waals surface area (Å²) < 4.78 is 15.7. The number of H-pyrrole nitrogens is 1. The minimum Gasteiger partial charge on any atom is -0.501 e. The Morgan fingerprint density at radius 2 is 2.07 bits per heavy atom. The molecule has 1 unspecified atom stereocenters. The number of aliphatic hydroxyl groups excluding tert-OH is 1. The van der Waals surface area contributed by atoms with Crippen molar-refractivity contribution in [3.8, 4) is 5.75 Å². The number of amides is 1. The van der Waals surface area contributed by atoms with Gasteiger partial charge in [0.15, 0.2) is 5.69 Å². The summed E-state index contributed by atoms with van der Waals surface area (Å²) in [5.74, 6) is -1.96. The van der Waals surface area contributed by atoms with Crippen molar-refractivity contribution >= 4 is 12.1 Å². The molecule has 1 aliphatic heterocycles. The SMILES string of the molecule is COC(=O)c1nc([C@]2(N(C)C(=O)OC(C)(C)C)CCC(CO)OC2)[nH]c(=O)c1O. The molecule has 2 atom stereocenters. The van der Waals surface area contributed by atoms with Gasteiger partial charge in [-0.15, -0.1) is 0 Å². The smallest absolute Gasteiger partial charge is 0.410 e. The first-order chi connectivity index (χ1) is 13.4. The number of carbonyl (C=O) groups excluding carboxylic acids is 2. The zero-order chi connectivity index (χ0) is 22.0. The molecule has 11 heteroatoms. The van der Waals surface area contributed by atoms with E-state index >= 15 is 0 Å². The Kier molecular flexibility index (Phi) is 6.53. The number of aromatic hydroxyl groups is 1. The molecule has 2 heterocycles. The number of hydrogen-bond donors (Lipinski definition) is 3. The van der Waals surface area contributed by atoms with Gasteiger partial charge in [0.2, 0.25) is 5.75 Å². The second kappa shape index (κ2) is 8.37. The number of hydrogen-bond acceptors (Lipinski definition) is 9. The third-order valence-corrected chi connectivity index (χ3v) is 4.67. The fourth-order valence-corrected chi connectivity index (χ4v) is 3.00. The van der Waals surface area contributed by atoms with Gasteiger partial charge in [-0.1, -0.05) is 0 Å². The molecule has 1 aromatic heterocycles. The van der Waals surface area contributed by atoms with E-state index in [-0.39, 0.29) is 25.5 Å². The standard InChI is InChI=1S/C18H27N3O8/c1-17(2,3)29-16(26)21(4)18(7-6-10(8-22)28-9-18)15-19-11(14(25)27-5)12(23)13(24)20-15/h10,22-23H,6-9H2,1-5H3,(H,19,20,24)/t10?,18-/m0/s1. The van der Waals surface area contributed by atoms with Gasteiger partial charge in [0, 0.05) is 7.05 Å². The Morgan fingerprint density at radius 3 is 2.55 bits per heavy atom. The van der Waals surface area contributed by atoms with Crippen molar-refractivity contribution in [1.82, 2.24) is 14.9 Å². The van der Waals surface area contributed by atoms with Crippen molar-refractivity contribution in [3.63, 3.8) is 0 Å². The number of ether oxygens (including phenoxy) is 3. The van der Waals surface area contributed by atoms with Crippen molar-refractivity contribution in [1.29, 1.82) is 0 Å². The van der Waals surface area contributed by atoms with Crippen LogP contribution >= 0.6 is 0 Å². The molecule has 0 aliphatic carbocycles. The number of carbonyl (C=O) groups is 2. The maximum atomic E-state index is 12.8. The molecule has 3 N–H and O–H groups in total. The molecule has 1 saturated heterocycles. The summed E-state index contributed by atoms with van der Waals surface area (Å²) in [5, 5.41) is 19.3. The van der Waals surface area contributed by atoms with Gasteiger partial charge in [0.05, 0.1) is 26.4 Å². The van der Waals surface area contributed by atoms with E-state index < -0.39 is 46.3 Å². The quantitative estimate of drug-likeness (QED) is 0.599. The van der Waals surface area contributed by atoms with Crippen LogP contribution in [0.3, 0.4) is 0 Å². The number of nitrogens with zero attached hydrogens (tertiary/aromatic N) is 2. The van der Waals surface area contributed by atoms with Gasteiger partial charge in [-0.05, 0) is 33.6 Å². The maximum absolute atomic E-state index is 12.8. The number of aliphatic hydroxyl groups is 1. The number of aromatic nitrogens is 2. The summed E-state index contributed by atoms with van der Waals surface area (Å²) in [6.45, 7) is 4.79. The molecule has 162 valence electrons. The van der Waals surface area contributed by atoms with Gasteiger partial charge >= 0.3 is 12.1 Å². The van der Waals surface area contributed by atoms with Crippen LogP contribution in [-0.2, 0) is 19.7 Å². The molecule has 0 aromatic carbocycles. The summed E-state index contributed by atoms with van der Waals surface area (Å²) >= 11 is 0. The lowest BCUT2D eigenvalue weighted by atomic mass is 9.87. The maximum Gasteiger partial charge on any atom is 0.410 e. The Morgan fingerprint density at radius 1 is 1.41 bits per heavy atom. The highest BCUT2D eigenvalue weighted by atomic mass is 16.6. The third kappa shape index (κ3) is 4.67. The van der Waals surface area contributed by atoms with E-state index in [1.165, 1.54) is 11.9 Å². The first-order valence-corrected chi connectivity index (χ1v) is 9.06. The monoisotopic (exact) mass is 413 g/mol. The Hall–Kier alpha value is -2.66. The van der Waals surface area contributed by atoms with Crippen LogP contribution in [0.25, 0.3) is 0 Å². The van der Waals surface area contributed by atoms with Crippen LogP contribution in [0.1, 0.15) is 49.9 Å². The molecule has 1 amide bonds. The van der Waals surface area contributed by atoms with Gasteiger partial charge in [0.25, 0.3) is 5.56 Å². The molecule has 0 spiro atoms. The zero-order valence-electron chi connectivity index (χ0n) is 17.1. The van der Waals surface area contributed by atoms with Crippen molar-refractivity contribution in [2.45, 2.75) is 50.9 Å². The van der Waals surface area contributed by atoms with Gasteiger partial charge in [-0.25, -0.2) is 14.6 Å². The van der Waals surface area contributed by atoms with Crippen LogP contribution in [0.5, 0.6) is 5.75 Å². The van der Waals surface area contributed by atoms with E-state index in [1.54, 1.807) is 20.8 Å². The molecule has 2 rings (SSSR count). The molecule has 29 heavy (non-hydrogen) atoms. The second-order valence-electron chi connectivity index (χ2n) is 7.83. The lowest BCUT2D eigenvalue weighted by Crippen LogP contribution is -2.56. The first kappa shape index (κ1) is 22.6. The lowest BCUT2D eigenvalue weighted by Gasteiger charge is -2.44. The minimum absolute atomic E-state index is 0.0644. The molecule has 1 aliphatic rings. The van der Waals surface area contributed by atoms with Crippen LogP contribution in [0.15, 0.2) is 4.79 Å². The summed E-state index contributed by atoms with van der Waals surface area (Å²) in [6.07, 6.45) is -0.540. The van der Waals surface area contributed by atoms with E-state index in [4.69, 9.17) is 9.47 Å². The fourth-order valence-electron chi connectivity index (χ4n) is 3.00. The topological polar surface area (TPSA) is 151 Å². The van der Waals surface area contributed by atoms with E-state index in [9.17, 15) is 24.6 Å². The average Bonchev–Trinajstić information content (AvgIpc) is 2.67. The Balaban J connectivity index is 2.57. The highest BCUT2D eigenvalue weighted by molar-refractivity contribution is 5.89. The number of rotatable bonds is 4. The molecule has 0 bridgehead atoms. The molecule has 11 nitrogen and oxygen atoms in total. The van der Waals surface area contributed by atoms with Crippen molar-refractivity contribution < 1.29 is 34.0 Å². The third-order valence-electron chi connectivity index (χ3n) is 4.67. The predicted octanol–water partition coefficient (Wildman–Crippen LogP) is 0.496. The largest absolute Gasteiger partial charge is 0.501 e. The number of nitrogens with one attached hydrogen (secondary N) is 1. The summed E-state index contributed by atoms with van der Waals surface area (Å²) in [7, 11) is 2.55. The minimum atomic E-state index is -1.30. The predicted molar refractivity (Wildman–Crippen MR) is 99.6 cm³/mol. The van der Waals surface area contributed by atoms with Crippen molar-refractivity contribution in [2.75, 3.05) is 27.4 Å². The van der Waals surface area contributed by atoms with Crippen LogP contribution in [-0.4, -0.2) is 76.2 Å². The summed E-state index contributed by atoms with van der Waals surface area (Å²) in [4.78, 5) is 44.7. The number of aromatic amines is 1. The first-order valence-electron chi connectivity index (χ1n) is 9.06. The Labute approximate surface area is 167 Å². The lowest BCUT2D eigenvalue weighted by molar-refractivity contribution is -0.103. The zero-order valence-corrected chi connectivity index (χ0v) is 17.1. The number of esters is 1. The normalized spacial score (nSPS) is 22.1. The van der Waals surface area contributed by atoms with Crippen molar-refractivity contribution in [2.24, 2.45) is 0 Å². The number of methoxy groups -OCH3 is 1. The van der Waals surface area contributed by atoms with Crippen LogP contribution in [0.4, 0.5) is 4.79 Å². The van der Waals surface area contributed by atoms with E-state index in [0.29, 0.717) is 6.42 Å². The molecular weight excluding hydrogens is 386 g/mol. The summed E-state index contributed by atoms with van der Waals surface area (Å²) in [5.41, 5.74) is -3.61. The van der Waals surface area contributed by atoms with E-state index in [2.05, 4.69) is 14.7 Å².